The molecule has 1 spiro atoms. The van der Waals surface area contributed by atoms with Crippen molar-refractivity contribution in [1.82, 2.24) is 15.3 Å². The second-order valence-corrected chi connectivity index (χ2v) is 7.26. The highest BCUT2D eigenvalue weighted by Crippen LogP contribution is 2.42. The molecular formula is C15H18N4O2S. The number of β-amino-alcohol motifs (C(OH)–C–C–N with tert-alkyl or cyclic N) is 1. The van der Waals surface area contributed by atoms with Gasteiger partial charge in [-0.1, -0.05) is 0 Å². The number of fused-ring (bicyclic) bond motifs is 1. The van der Waals surface area contributed by atoms with E-state index in [1.165, 1.54) is 5.56 Å². The van der Waals surface area contributed by atoms with Crippen LogP contribution in [-0.4, -0.2) is 46.7 Å². The number of nitrogens with zero attached hydrogens (tertiary/aromatic N) is 3. The van der Waals surface area contributed by atoms with Gasteiger partial charge < -0.3 is 15.3 Å². The minimum atomic E-state index is -0.466. The lowest BCUT2D eigenvalue weighted by molar-refractivity contribution is -0.139. The Morgan fingerprint density at radius 2 is 2.18 bits per heavy atom. The van der Waals surface area contributed by atoms with Gasteiger partial charge in [-0.25, -0.2) is 9.97 Å². The van der Waals surface area contributed by atoms with E-state index < -0.39 is 11.5 Å². The van der Waals surface area contributed by atoms with E-state index in [2.05, 4.69) is 32.5 Å². The fraction of sp³-hybridized carbons (Fsp3) is 0.533. The number of hydrogen-bond donors (Lipinski definition) is 2. The average Bonchev–Trinajstić information content (AvgIpc) is 2.79. The summed E-state index contributed by atoms with van der Waals surface area (Å²) in [5, 5.41) is 15.8. The third kappa shape index (κ3) is 1.92. The Hall–Kier alpha value is -1.73. The molecule has 1 unspecified atom stereocenters. The van der Waals surface area contributed by atoms with Crippen molar-refractivity contribution in [3.05, 3.63) is 16.8 Å². The largest absolute Gasteiger partial charge is 0.391 e. The number of piperidine rings is 1. The number of rotatable bonds is 1. The van der Waals surface area contributed by atoms with E-state index in [0.717, 1.165) is 21.9 Å². The van der Waals surface area contributed by atoms with Crippen molar-refractivity contribution in [2.45, 2.75) is 26.4 Å². The van der Waals surface area contributed by atoms with Crippen LogP contribution in [0, 0.1) is 19.3 Å². The number of aromatic nitrogens is 2. The Morgan fingerprint density at radius 3 is 2.95 bits per heavy atom. The molecule has 0 aliphatic carbocycles. The van der Waals surface area contributed by atoms with Crippen molar-refractivity contribution in [2.75, 3.05) is 24.5 Å². The molecule has 2 aromatic rings. The van der Waals surface area contributed by atoms with Gasteiger partial charge in [0.2, 0.25) is 5.91 Å². The predicted molar refractivity (Wildman–Crippen MR) is 85.2 cm³/mol. The molecule has 0 bridgehead atoms. The number of nitrogens with one attached hydrogen (secondary N) is 1. The summed E-state index contributed by atoms with van der Waals surface area (Å²) in [5.41, 5.74) is 0.705. The third-order valence-electron chi connectivity index (χ3n) is 4.60. The Kier molecular flexibility index (Phi) is 2.93. The summed E-state index contributed by atoms with van der Waals surface area (Å²) in [6.45, 7) is 5.53. The zero-order chi connectivity index (χ0) is 15.5. The van der Waals surface area contributed by atoms with Gasteiger partial charge in [-0.3, -0.25) is 4.79 Å². The van der Waals surface area contributed by atoms with Crippen molar-refractivity contribution in [2.24, 2.45) is 5.41 Å². The highest BCUT2D eigenvalue weighted by atomic mass is 32.1. The van der Waals surface area contributed by atoms with Crippen LogP contribution in [0.3, 0.4) is 0 Å². The summed E-state index contributed by atoms with van der Waals surface area (Å²) in [6, 6.07) is 0. The second-order valence-electron chi connectivity index (χ2n) is 6.40. The first-order chi connectivity index (χ1) is 10.5. The Morgan fingerprint density at radius 1 is 1.41 bits per heavy atom. The van der Waals surface area contributed by atoms with Crippen molar-refractivity contribution < 1.29 is 9.90 Å². The maximum Gasteiger partial charge on any atom is 0.230 e. The van der Waals surface area contributed by atoms with Crippen LogP contribution in [-0.2, 0) is 4.79 Å². The van der Waals surface area contributed by atoms with Crippen LogP contribution in [0.25, 0.3) is 10.2 Å². The molecule has 2 saturated heterocycles. The maximum atomic E-state index is 12.2. The van der Waals surface area contributed by atoms with Gasteiger partial charge in [0.05, 0.1) is 16.9 Å². The molecule has 6 nitrogen and oxygen atoms in total. The van der Waals surface area contributed by atoms with Gasteiger partial charge in [0.25, 0.3) is 0 Å². The minimum absolute atomic E-state index is 0.0538. The van der Waals surface area contributed by atoms with Crippen LogP contribution < -0.4 is 10.2 Å². The lowest BCUT2D eigenvalue weighted by Crippen LogP contribution is -2.68. The lowest BCUT2D eigenvalue weighted by atomic mass is 9.72. The first kappa shape index (κ1) is 13.9. The average molecular weight is 318 g/mol. The minimum Gasteiger partial charge on any atom is -0.391 e. The number of aliphatic hydroxyl groups excluding tert-OH is 1. The molecule has 4 rings (SSSR count). The van der Waals surface area contributed by atoms with Crippen LogP contribution in [0.1, 0.15) is 17.8 Å². The lowest BCUT2D eigenvalue weighted by Gasteiger charge is -2.52. The number of anilines is 1. The van der Waals surface area contributed by atoms with Crippen LogP contribution in [0.4, 0.5) is 5.82 Å². The van der Waals surface area contributed by atoms with Gasteiger partial charge in [-0.15, -0.1) is 11.3 Å². The van der Waals surface area contributed by atoms with E-state index >= 15 is 0 Å². The van der Waals surface area contributed by atoms with E-state index in [9.17, 15) is 9.90 Å². The molecule has 22 heavy (non-hydrogen) atoms. The van der Waals surface area contributed by atoms with Gasteiger partial charge in [0, 0.05) is 19.6 Å². The SMILES string of the molecule is Cc1nc(N2CC3(CC(O)CNC3=O)C2)c2c(C)csc2n1. The quantitative estimate of drug-likeness (QED) is 0.820. The summed E-state index contributed by atoms with van der Waals surface area (Å²) in [6.07, 6.45) is 0.0837. The number of aliphatic hydroxyl groups is 1. The van der Waals surface area contributed by atoms with E-state index in [4.69, 9.17) is 0 Å². The first-order valence-electron chi connectivity index (χ1n) is 7.42. The molecule has 2 aromatic heterocycles. The van der Waals surface area contributed by atoms with Crippen molar-refractivity contribution in [3.63, 3.8) is 0 Å². The summed E-state index contributed by atoms with van der Waals surface area (Å²) in [7, 11) is 0. The molecule has 0 saturated carbocycles. The van der Waals surface area contributed by atoms with Gasteiger partial charge >= 0.3 is 0 Å². The number of carbonyl (C=O) groups excluding carboxylic acids is 1. The monoisotopic (exact) mass is 318 g/mol. The molecule has 1 amide bonds. The molecule has 0 aromatic carbocycles. The number of thiophene rings is 1. The molecule has 1 atom stereocenters. The standard InChI is InChI=1S/C15H18N4O2S/c1-8-5-22-13-11(8)12(17-9(2)18-13)19-6-15(7-19)3-10(20)4-16-14(15)21/h5,10,20H,3-4,6-7H2,1-2H3,(H,16,21). The summed E-state index contributed by atoms with van der Waals surface area (Å²) in [4.78, 5) is 24.4. The van der Waals surface area contributed by atoms with Gasteiger partial charge in [0.1, 0.15) is 16.5 Å². The first-order valence-corrected chi connectivity index (χ1v) is 8.30. The Labute approximate surface area is 132 Å². The smallest absolute Gasteiger partial charge is 0.230 e. The van der Waals surface area contributed by atoms with Crippen LogP contribution in [0.2, 0.25) is 0 Å². The molecule has 2 aliphatic rings. The molecule has 0 radical (unpaired) electrons. The molecule has 116 valence electrons. The highest BCUT2D eigenvalue weighted by molar-refractivity contribution is 7.17. The zero-order valence-electron chi connectivity index (χ0n) is 12.6. The molecule has 7 heteroatoms. The molecule has 2 fully saturated rings. The van der Waals surface area contributed by atoms with Gasteiger partial charge in [-0.2, -0.15) is 0 Å². The predicted octanol–water partition coefficient (Wildman–Crippen LogP) is 0.995. The van der Waals surface area contributed by atoms with Crippen LogP contribution >= 0.6 is 11.3 Å². The Balaban J connectivity index is 1.68. The summed E-state index contributed by atoms with van der Waals surface area (Å²) < 4.78 is 0. The van der Waals surface area contributed by atoms with Crippen LogP contribution in [0.5, 0.6) is 0 Å². The number of aryl methyl sites for hydroxylation is 2. The number of amides is 1. The zero-order valence-corrected chi connectivity index (χ0v) is 13.4. The summed E-state index contributed by atoms with van der Waals surface area (Å²) in [5.74, 6) is 1.72. The van der Waals surface area contributed by atoms with Gasteiger partial charge in [-0.05, 0) is 31.2 Å². The van der Waals surface area contributed by atoms with E-state index in [0.29, 0.717) is 26.1 Å². The van der Waals surface area contributed by atoms with Crippen molar-refractivity contribution in [1.29, 1.82) is 0 Å². The van der Waals surface area contributed by atoms with E-state index in [1.807, 2.05) is 6.92 Å². The fourth-order valence-electron chi connectivity index (χ4n) is 3.52. The van der Waals surface area contributed by atoms with Crippen molar-refractivity contribution >= 4 is 33.3 Å². The maximum absolute atomic E-state index is 12.2. The molecular weight excluding hydrogens is 300 g/mol. The molecule has 2 aliphatic heterocycles. The topological polar surface area (TPSA) is 78.4 Å². The summed E-state index contributed by atoms with van der Waals surface area (Å²) >= 11 is 1.63. The Bertz CT molecular complexity index is 766. The third-order valence-corrected chi connectivity index (χ3v) is 5.59. The fourth-order valence-corrected chi connectivity index (χ4v) is 4.48. The van der Waals surface area contributed by atoms with E-state index in [1.54, 1.807) is 11.3 Å². The number of carbonyl (C=O) groups is 1. The highest BCUT2D eigenvalue weighted by Gasteiger charge is 2.53. The second kappa shape index (κ2) is 4.63. The molecule has 4 heterocycles. The van der Waals surface area contributed by atoms with Gasteiger partial charge in [0.15, 0.2) is 0 Å². The molecule has 2 N–H and O–H groups in total. The number of hydrogen-bond acceptors (Lipinski definition) is 6. The van der Waals surface area contributed by atoms with E-state index in [-0.39, 0.29) is 5.91 Å². The van der Waals surface area contributed by atoms with Crippen LogP contribution in [0.15, 0.2) is 5.38 Å². The normalized spacial score (nSPS) is 23.7. The van der Waals surface area contributed by atoms with Crippen molar-refractivity contribution in [3.8, 4) is 0 Å².